The first-order valence-electron chi connectivity index (χ1n) is 10.6. The van der Waals surface area contributed by atoms with Gasteiger partial charge in [-0.25, -0.2) is 4.79 Å². The van der Waals surface area contributed by atoms with E-state index in [0.29, 0.717) is 23.7 Å². The molecule has 7 nitrogen and oxygen atoms in total. The first-order valence-corrected chi connectivity index (χ1v) is 11.4. The second kappa shape index (κ2) is 10.2. The number of esters is 2. The van der Waals surface area contributed by atoms with E-state index < -0.39 is 0 Å². The van der Waals surface area contributed by atoms with Gasteiger partial charge in [-0.2, -0.15) is 0 Å². The van der Waals surface area contributed by atoms with Crippen LogP contribution in [0.15, 0.2) is 0 Å². The number of carbonyl (C=O) groups is 3. The quantitative estimate of drug-likeness (QED) is 0.536. The predicted molar refractivity (Wildman–Crippen MR) is 110 cm³/mol. The van der Waals surface area contributed by atoms with E-state index in [0.717, 1.165) is 68.5 Å². The summed E-state index contributed by atoms with van der Waals surface area (Å²) in [5.74, 6) is -0.655. The van der Waals surface area contributed by atoms with Crippen molar-refractivity contribution in [3.63, 3.8) is 0 Å². The van der Waals surface area contributed by atoms with Crippen molar-refractivity contribution in [2.75, 3.05) is 38.7 Å². The number of hydrogen-bond acceptors (Lipinski definition) is 6. The number of aryl methyl sites for hydroxylation is 1. The minimum atomic E-state index is -0.373. The maximum absolute atomic E-state index is 12.7. The van der Waals surface area contributed by atoms with Gasteiger partial charge in [0.25, 0.3) is 5.91 Å². The van der Waals surface area contributed by atoms with E-state index in [1.165, 1.54) is 23.3 Å². The van der Waals surface area contributed by atoms with Crippen LogP contribution in [0, 0.1) is 5.92 Å². The molecule has 1 aromatic rings. The summed E-state index contributed by atoms with van der Waals surface area (Å²) in [6, 6.07) is 0. The number of likely N-dealkylation sites (tertiary alicyclic amines) is 1. The molecule has 0 radical (unpaired) electrons. The summed E-state index contributed by atoms with van der Waals surface area (Å²) < 4.78 is 10.1. The van der Waals surface area contributed by atoms with Crippen molar-refractivity contribution in [3.8, 4) is 0 Å². The predicted octanol–water partition coefficient (Wildman–Crippen LogP) is 1.60. The van der Waals surface area contributed by atoms with Crippen LogP contribution in [0.2, 0.25) is 0 Å². The molecule has 1 saturated heterocycles. The fraction of sp³-hybridized carbons (Fsp3) is 0.667. The van der Waals surface area contributed by atoms with Crippen LogP contribution in [0.5, 0.6) is 0 Å². The molecular weight excluding hydrogens is 392 g/mol. The Morgan fingerprint density at radius 2 is 1.86 bits per heavy atom. The normalized spacial score (nSPS) is 21.6. The topological polar surface area (TPSA) is 86.1 Å². The number of piperidine rings is 1. The second-order valence-electron chi connectivity index (χ2n) is 7.76. The molecule has 0 atom stereocenters. The number of methoxy groups -OCH3 is 1. The van der Waals surface area contributed by atoms with Crippen LogP contribution in [-0.4, -0.2) is 51.2 Å². The van der Waals surface area contributed by atoms with Gasteiger partial charge in [0.15, 0.2) is 6.54 Å². The van der Waals surface area contributed by atoms with Gasteiger partial charge < -0.3 is 19.7 Å². The van der Waals surface area contributed by atoms with E-state index in [-0.39, 0.29) is 23.8 Å². The van der Waals surface area contributed by atoms with Crippen molar-refractivity contribution in [2.24, 2.45) is 5.92 Å². The summed E-state index contributed by atoms with van der Waals surface area (Å²) >= 11 is 1.52. The summed E-state index contributed by atoms with van der Waals surface area (Å²) in [6.07, 6.45) is 6.62. The molecule has 1 aliphatic heterocycles. The largest absolute Gasteiger partial charge is 0.466 e. The van der Waals surface area contributed by atoms with E-state index in [2.05, 4.69) is 5.32 Å². The Kier molecular flexibility index (Phi) is 7.66. The Balaban J connectivity index is 1.61. The van der Waals surface area contributed by atoms with Crippen LogP contribution in [0.25, 0.3) is 0 Å². The van der Waals surface area contributed by atoms with Crippen LogP contribution in [0.4, 0.5) is 5.00 Å². The lowest BCUT2D eigenvalue weighted by Gasteiger charge is -2.27. The molecule has 1 fully saturated rings. The van der Waals surface area contributed by atoms with Gasteiger partial charge >= 0.3 is 11.9 Å². The van der Waals surface area contributed by atoms with Crippen molar-refractivity contribution in [1.29, 1.82) is 0 Å². The van der Waals surface area contributed by atoms with Gasteiger partial charge in [0.1, 0.15) is 5.00 Å². The number of amides is 1. The summed E-state index contributed by atoms with van der Waals surface area (Å²) in [5, 5.41) is 3.59. The van der Waals surface area contributed by atoms with Crippen molar-refractivity contribution in [3.05, 3.63) is 16.0 Å². The summed E-state index contributed by atoms with van der Waals surface area (Å²) in [6.45, 7) is 4.08. The SMILES string of the molecule is CCOC(=O)C1CC[NH+](CC(=O)Nc2sc3c(c2C(=O)OC)CCCCC3)CC1. The van der Waals surface area contributed by atoms with E-state index in [9.17, 15) is 14.4 Å². The highest BCUT2D eigenvalue weighted by Gasteiger charge is 2.31. The molecule has 29 heavy (non-hydrogen) atoms. The summed E-state index contributed by atoms with van der Waals surface area (Å²) in [5.41, 5.74) is 1.59. The molecule has 0 bridgehead atoms. The van der Waals surface area contributed by atoms with Gasteiger partial charge in [-0.1, -0.05) is 6.42 Å². The fourth-order valence-electron chi connectivity index (χ4n) is 4.25. The molecular formula is C21H31N2O5S+. The molecule has 0 aromatic carbocycles. The molecule has 0 saturated carbocycles. The molecule has 1 aromatic heterocycles. The number of fused-ring (bicyclic) bond motifs is 1. The lowest BCUT2D eigenvalue weighted by Crippen LogP contribution is -3.14. The number of anilines is 1. The third-order valence-corrected chi connectivity index (χ3v) is 6.99. The number of carbonyl (C=O) groups excluding carboxylic acids is 3. The Bertz CT molecular complexity index is 752. The van der Waals surface area contributed by atoms with Crippen LogP contribution < -0.4 is 10.2 Å². The Morgan fingerprint density at radius 1 is 1.14 bits per heavy atom. The number of nitrogens with one attached hydrogen (secondary N) is 2. The molecule has 2 N–H and O–H groups in total. The van der Waals surface area contributed by atoms with Crippen molar-refractivity contribution in [2.45, 2.75) is 51.9 Å². The van der Waals surface area contributed by atoms with Crippen molar-refractivity contribution >= 4 is 34.2 Å². The molecule has 1 aliphatic carbocycles. The Labute approximate surface area is 175 Å². The number of quaternary nitrogens is 1. The molecule has 160 valence electrons. The Morgan fingerprint density at radius 3 is 2.55 bits per heavy atom. The average Bonchev–Trinajstić information content (AvgIpc) is 2.88. The molecule has 2 heterocycles. The van der Waals surface area contributed by atoms with Crippen LogP contribution >= 0.6 is 11.3 Å². The van der Waals surface area contributed by atoms with Gasteiger partial charge in [0, 0.05) is 17.7 Å². The lowest BCUT2D eigenvalue weighted by atomic mass is 9.97. The number of ether oxygens (including phenoxy) is 2. The molecule has 3 rings (SSSR count). The minimum Gasteiger partial charge on any atom is -0.466 e. The zero-order valence-electron chi connectivity index (χ0n) is 17.3. The smallest absolute Gasteiger partial charge is 0.341 e. The fourth-order valence-corrected chi connectivity index (χ4v) is 5.54. The molecule has 0 unspecified atom stereocenters. The number of hydrogen-bond donors (Lipinski definition) is 2. The highest BCUT2D eigenvalue weighted by atomic mass is 32.1. The minimum absolute atomic E-state index is 0.0550. The highest BCUT2D eigenvalue weighted by molar-refractivity contribution is 7.17. The lowest BCUT2D eigenvalue weighted by molar-refractivity contribution is -0.897. The monoisotopic (exact) mass is 423 g/mol. The van der Waals surface area contributed by atoms with Crippen LogP contribution in [0.3, 0.4) is 0 Å². The van der Waals surface area contributed by atoms with Crippen LogP contribution in [-0.2, 0) is 31.9 Å². The summed E-state index contributed by atoms with van der Waals surface area (Å²) in [4.78, 5) is 39.3. The molecule has 8 heteroatoms. The third-order valence-electron chi connectivity index (χ3n) is 5.79. The van der Waals surface area contributed by atoms with Gasteiger partial charge in [-0.05, 0) is 38.2 Å². The van der Waals surface area contributed by atoms with Gasteiger partial charge in [-0.3, -0.25) is 9.59 Å². The van der Waals surface area contributed by atoms with Crippen LogP contribution in [0.1, 0.15) is 59.8 Å². The zero-order valence-corrected chi connectivity index (χ0v) is 18.1. The number of rotatable bonds is 6. The maximum Gasteiger partial charge on any atom is 0.341 e. The van der Waals surface area contributed by atoms with E-state index >= 15 is 0 Å². The third kappa shape index (κ3) is 5.36. The number of thiophene rings is 1. The average molecular weight is 424 g/mol. The van der Waals surface area contributed by atoms with Gasteiger partial charge in [-0.15, -0.1) is 11.3 Å². The molecule has 1 amide bonds. The first kappa shape index (κ1) is 21.8. The zero-order chi connectivity index (χ0) is 20.8. The second-order valence-corrected chi connectivity index (χ2v) is 8.87. The van der Waals surface area contributed by atoms with E-state index in [1.807, 2.05) is 6.92 Å². The first-order chi connectivity index (χ1) is 14.0. The standard InChI is InChI=1S/C21H30N2O5S/c1-3-28-20(25)14-9-11-23(12-10-14)13-17(24)22-19-18(21(26)27-2)15-7-5-4-6-8-16(15)29-19/h14H,3-13H2,1-2H3,(H,22,24)/p+1. The van der Waals surface area contributed by atoms with Gasteiger partial charge in [0.2, 0.25) is 0 Å². The van der Waals surface area contributed by atoms with Crippen molar-refractivity contribution < 1.29 is 28.8 Å². The highest BCUT2D eigenvalue weighted by Crippen LogP contribution is 2.37. The molecule has 2 aliphatic rings. The Hall–Kier alpha value is -1.93. The van der Waals surface area contributed by atoms with Crippen molar-refractivity contribution in [1.82, 2.24) is 0 Å². The van der Waals surface area contributed by atoms with E-state index in [4.69, 9.17) is 9.47 Å². The van der Waals surface area contributed by atoms with E-state index in [1.54, 1.807) is 0 Å². The molecule has 0 spiro atoms. The maximum atomic E-state index is 12.7. The summed E-state index contributed by atoms with van der Waals surface area (Å²) in [7, 11) is 1.38. The van der Waals surface area contributed by atoms with Gasteiger partial charge in [0.05, 0.1) is 38.3 Å².